The number of amides is 1. The lowest BCUT2D eigenvalue weighted by molar-refractivity contribution is -0.135. The minimum absolute atomic E-state index is 0.159. The first-order chi connectivity index (χ1) is 11.9. The molecule has 0 bridgehead atoms. The molecule has 0 radical (unpaired) electrons. The summed E-state index contributed by atoms with van der Waals surface area (Å²) in [5, 5.41) is 10.6. The number of esters is 2. The highest BCUT2D eigenvalue weighted by Gasteiger charge is 2.25. The summed E-state index contributed by atoms with van der Waals surface area (Å²) in [7, 11) is 2.48. The zero-order chi connectivity index (χ0) is 18.4. The largest absolute Gasteiger partial charge is 0.466 e. The Morgan fingerprint density at radius 2 is 2.04 bits per heavy atom. The molecule has 1 aromatic rings. The molecule has 1 fully saturated rings. The van der Waals surface area contributed by atoms with E-state index in [4.69, 9.17) is 11.6 Å². The molecule has 1 aliphatic rings. The minimum atomic E-state index is -0.636. The highest BCUT2D eigenvalue weighted by molar-refractivity contribution is 8.18. The lowest BCUT2D eigenvalue weighted by Crippen LogP contribution is -2.19. The van der Waals surface area contributed by atoms with Crippen LogP contribution in [0.25, 0.3) is 0 Å². The molecular weight excluding hydrogens is 370 g/mol. The quantitative estimate of drug-likeness (QED) is 0.368. The summed E-state index contributed by atoms with van der Waals surface area (Å²) in [6.45, 7) is 0. The summed E-state index contributed by atoms with van der Waals surface area (Å²) in [5.74, 6) is -1.64. The van der Waals surface area contributed by atoms with Crippen molar-refractivity contribution in [3.05, 3.63) is 45.3 Å². The van der Waals surface area contributed by atoms with Crippen LogP contribution in [0.2, 0.25) is 5.02 Å². The first-order valence-electron chi connectivity index (χ1n) is 6.72. The highest BCUT2D eigenvalue weighted by Crippen LogP contribution is 2.23. The molecular formula is C15H12ClN3O5S. The summed E-state index contributed by atoms with van der Waals surface area (Å²) in [4.78, 5) is 34.4. The Labute approximate surface area is 151 Å². The van der Waals surface area contributed by atoms with E-state index in [0.717, 1.165) is 17.8 Å². The second-order valence-electron chi connectivity index (χ2n) is 4.47. The average Bonchev–Trinajstić information content (AvgIpc) is 2.93. The number of hydrogen-bond donors (Lipinski definition) is 1. The van der Waals surface area contributed by atoms with Crippen LogP contribution in [0.3, 0.4) is 0 Å². The smallest absolute Gasteiger partial charge is 0.339 e. The fourth-order valence-corrected chi connectivity index (χ4v) is 2.68. The predicted octanol–water partition coefficient (Wildman–Crippen LogP) is 1.74. The van der Waals surface area contributed by atoms with Crippen molar-refractivity contribution in [2.45, 2.75) is 0 Å². The molecule has 2 rings (SSSR count). The van der Waals surface area contributed by atoms with E-state index in [0.29, 0.717) is 5.56 Å². The number of hydrogen-bond acceptors (Lipinski definition) is 8. The third kappa shape index (κ3) is 4.91. The molecule has 1 N–H and O–H groups in total. The topological polar surface area (TPSA) is 106 Å². The van der Waals surface area contributed by atoms with E-state index >= 15 is 0 Å². The van der Waals surface area contributed by atoms with Crippen molar-refractivity contribution < 1.29 is 23.9 Å². The molecule has 1 aliphatic heterocycles. The Morgan fingerprint density at radius 3 is 2.68 bits per heavy atom. The lowest BCUT2D eigenvalue weighted by atomic mass is 10.1. The second-order valence-corrected chi connectivity index (χ2v) is 5.91. The highest BCUT2D eigenvalue weighted by atomic mass is 35.5. The zero-order valence-corrected chi connectivity index (χ0v) is 14.7. The van der Waals surface area contributed by atoms with Crippen LogP contribution >= 0.6 is 23.4 Å². The van der Waals surface area contributed by atoms with Crippen LogP contribution < -0.4 is 5.32 Å². The van der Waals surface area contributed by atoms with Crippen LogP contribution in [0, 0.1) is 0 Å². The van der Waals surface area contributed by atoms with Gasteiger partial charge in [0.15, 0.2) is 5.17 Å². The molecule has 130 valence electrons. The molecule has 10 heteroatoms. The van der Waals surface area contributed by atoms with Gasteiger partial charge >= 0.3 is 11.9 Å². The van der Waals surface area contributed by atoms with Gasteiger partial charge in [-0.1, -0.05) is 17.7 Å². The Morgan fingerprint density at radius 1 is 1.28 bits per heavy atom. The molecule has 0 unspecified atom stereocenters. The Balaban J connectivity index is 2.08. The number of halogens is 1. The van der Waals surface area contributed by atoms with E-state index < -0.39 is 17.8 Å². The average molecular weight is 382 g/mol. The molecule has 1 aromatic carbocycles. The maximum Gasteiger partial charge on any atom is 0.339 e. The van der Waals surface area contributed by atoms with Gasteiger partial charge in [0.25, 0.3) is 5.91 Å². The summed E-state index contributed by atoms with van der Waals surface area (Å²) >= 11 is 6.96. The number of carbonyl (C=O) groups excluding carboxylic acids is 3. The van der Waals surface area contributed by atoms with Gasteiger partial charge in [-0.15, -0.1) is 5.10 Å². The van der Waals surface area contributed by atoms with Crippen molar-refractivity contribution >= 4 is 52.6 Å². The fraction of sp³-hybridized carbons (Fsp3) is 0.133. The number of methoxy groups -OCH3 is 2. The first kappa shape index (κ1) is 18.7. The SMILES string of the molecule is COC(=O)/C=C1/S/C(=N\N=Cc2ccc(C(=O)OC)c(Cl)c2)NC1=O. The van der Waals surface area contributed by atoms with E-state index in [2.05, 4.69) is 25.0 Å². The molecule has 0 saturated carbocycles. The maximum atomic E-state index is 11.6. The predicted molar refractivity (Wildman–Crippen MR) is 93.7 cm³/mol. The number of rotatable bonds is 4. The van der Waals surface area contributed by atoms with Gasteiger partial charge in [-0.25, -0.2) is 9.59 Å². The van der Waals surface area contributed by atoms with Crippen molar-refractivity contribution in [3.63, 3.8) is 0 Å². The number of ether oxygens (including phenoxy) is 2. The molecule has 8 nitrogen and oxygen atoms in total. The Kier molecular flexibility index (Phi) is 6.31. The van der Waals surface area contributed by atoms with E-state index in [-0.39, 0.29) is 20.7 Å². The number of thioether (sulfide) groups is 1. The molecule has 0 spiro atoms. The fourth-order valence-electron chi connectivity index (χ4n) is 1.68. The van der Waals surface area contributed by atoms with Crippen LogP contribution in [0.5, 0.6) is 0 Å². The molecule has 1 saturated heterocycles. The number of amidine groups is 1. The van der Waals surface area contributed by atoms with E-state index in [9.17, 15) is 14.4 Å². The summed E-state index contributed by atoms with van der Waals surface area (Å²) in [6, 6.07) is 4.65. The van der Waals surface area contributed by atoms with Gasteiger partial charge in [-0.05, 0) is 29.5 Å². The van der Waals surface area contributed by atoms with Crippen molar-refractivity contribution in [1.29, 1.82) is 0 Å². The molecule has 0 atom stereocenters. The first-order valence-corrected chi connectivity index (χ1v) is 7.91. The van der Waals surface area contributed by atoms with Gasteiger partial charge in [-0.2, -0.15) is 5.10 Å². The van der Waals surface area contributed by atoms with Crippen LogP contribution in [0.1, 0.15) is 15.9 Å². The van der Waals surface area contributed by atoms with Crippen molar-refractivity contribution in [3.8, 4) is 0 Å². The summed E-state index contributed by atoms with van der Waals surface area (Å²) < 4.78 is 9.06. The minimum Gasteiger partial charge on any atom is -0.466 e. The van der Waals surface area contributed by atoms with Crippen LogP contribution in [-0.2, 0) is 19.1 Å². The van der Waals surface area contributed by atoms with Crippen molar-refractivity contribution in [2.75, 3.05) is 14.2 Å². The van der Waals surface area contributed by atoms with Gasteiger partial charge < -0.3 is 9.47 Å². The number of carbonyl (C=O) groups is 3. The van der Waals surface area contributed by atoms with Crippen LogP contribution in [0.15, 0.2) is 39.4 Å². The lowest BCUT2D eigenvalue weighted by Gasteiger charge is -2.02. The third-order valence-electron chi connectivity index (χ3n) is 2.85. The molecule has 0 aromatic heterocycles. The standard InChI is InChI=1S/C15H12ClN3O5S/c1-23-12(20)6-11-13(21)18-15(25-11)19-17-7-8-3-4-9(10(16)5-8)14(22)24-2/h3-7H,1-2H3,(H,18,19,21)/b11-6+,17-7?. The number of nitrogens with one attached hydrogen (secondary N) is 1. The molecule has 25 heavy (non-hydrogen) atoms. The normalized spacial score (nSPS) is 17.2. The Bertz CT molecular complexity index is 819. The van der Waals surface area contributed by atoms with Gasteiger partial charge in [0.2, 0.25) is 0 Å². The van der Waals surface area contributed by atoms with E-state index in [1.54, 1.807) is 6.07 Å². The molecule has 0 aliphatic carbocycles. The second kappa shape index (κ2) is 8.45. The molecule has 1 heterocycles. The van der Waals surface area contributed by atoms with Gasteiger partial charge in [0.05, 0.1) is 35.9 Å². The monoisotopic (exact) mass is 381 g/mol. The number of benzene rings is 1. The Hall–Kier alpha value is -2.65. The zero-order valence-electron chi connectivity index (χ0n) is 13.1. The summed E-state index contributed by atoms with van der Waals surface area (Å²) in [6.07, 6.45) is 2.46. The van der Waals surface area contributed by atoms with Crippen LogP contribution in [0.4, 0.5) is 0 Å². The van der Waals surface area contributed by atoms with Crippen molar-refractivity contribution in [2.24, 2.45) is 10.2 Å². The maximum absolute atomic E-state index is 11.6. The van der Waals surface area contributed by atoms with Gasteiger partial charge in [0, 0.05) is 6.08 Å². The van der Waals surface area contributed by atoms with Gasteiger partial charge in [-0.3, -0.25) is 10.1 Å². The molecule has 1 amide bonds. The summed E-state index contributed by atoms with van der Waals surface area (Å²) in [5.41, 5.74) is 0.838. The number of nitrogens with zero attached hydrogens (tertiary/aromatic N) is 2. The van der Waals surface area contributed by atoms with Crippen LogP contribution in [-0.4, -0.2) is 43.4 Å². The van der Waals surface area contributed by atoms with Crippen molar-refractivity contribution in [1.82, 2.24) is 5.32 Å². The van der Waals surface area contributed by atoms with Gasteiger partial charge in [0.1, 0.15) is 0 Å². The van der Waals surface area contributed by atoms with E-state index in [1.165, 1.54) is 32.6 Å². The third-order valence-corrected chi connectivity index (χ3v) is 4.07. The van der Waals surface area contributed by atoms with E-state index in [1.807, 2.05) is 0 Å².